The number of carbonyl (C=O) groups is 3. The van der Waals surface area contributed by atoms with E-state index in [4.69, 9.17) is 14.2 Å². The van der Waals surface area contributed by atoms with Gasteiger partial charge in [-0.1, -0.05) is 156 Å². The van der Waals surface area contributed by atoms with Crippen LogP contribution in [-0.2, 0) is 28.6 Å². The van der Waals surface area contributed by atoms with Crippen molar-refractivity contribution in [2.45, 2.75) is 253 Å². The van der Waals surface area contributed by atoms with Gasteiger partial charge in [0.25, 0.3) is 0 Å². The molecule has 0 radical (unpaired) electrons. The third-order valence-electron chi connectivity index (χ3n) is 11.6. The quantitative estimate of drug-likeness (QED) is 0.0483. The first kappa shape index (κ1) is 56.3. The molecule has 58 heavy (non-hydrogen) atoms. The number of nitrogens with zero attached hydrogens (tertiary/aromatic N) is 1. The molecule has 0 aromatic heterocycles. The minimum Gasteiger partial charge on any atom is -0.466 e. The molecule has 8 nitrogen and oxygen atoms in total. The molecule has 0 heterocycles. The standard InChI is InChI=1S/C50H98N2O6/c1-7-10-13-16-18-27-34-44-57-47(53)38-30-23-19-25-32-41-52(43-35-40-51-49(55)50(4,5)45-56-6)42-33-26-20-24-31-39-48(54)58-46(36-28-21-15-12-9-3)37-29-22-17-14-11-8-2/h46H,7-45H2,1-6H3,(H,51,55). The van der Waals surface area contributed by atoms with Crippen molar-refractivity contribution in [1.29, 1.82) is 0 Å². The molecule has 0 aliphatic rings. The van der Waals surface area contributed by atoms with Gasteiger partial charge >= 0.3 is 11.9 Å². The summed E-state index contributed by atoms with van der Waals surface area (Å²) < 4.78 is 16.7. The smallest absolute Gasteiger partial charge is 0.306 e. The Morgan fingerprint density at radius 2 is 0.931 bits per heavy atom. The summed E-state index contributed by atoms with van der Waals surface area (Å²) in [6.45, 7) is 15.4. The van der Waals surface area contributed by atoms with Gasteiger partial charge in [0.1, 0.15) is 6.10 Å². The number of esters is 2. The number of carbonyl (C=O) groups excluding carboxylic acids is 3. The van der Waals surface area contributed by atoms with Crippen LogP contribution in [-0.4, -0.2) is 75.4 Å². The molecule has 1 unspecified atom stereocenters. The monoisotopic (exact) mass is 823 g/mol. The van der Waals surface area contributed by atoms with Crippen LogP contribution >= 0.6 is 0 Å². The third kappa shape index (κ3) is 37.3. The fraction of sp³-hybridized carbons (Fsp3) is 0.940. The molecule has 0 fully saturated rings. The maximum absolute atomic E-state index is 12.8. The van der Waals surface area contributed by atoms with Crippen LogP contribution in [0.25, 0.3) is 0 Å². The van der Waals surface area contributed by atoms with Crippen LogP contribution in [0.3, 0.4) is 0 Å². The molecule has 0 aliphatic heterocycles. The summed E-state index contributed by atoms with van der Waals surface area (Å²) in [4.78, 5) is 40.2. The molecule has 0 aliphatic carbocycles. The third-order valence-corrected chi connectivity index (χ3v) is 11.6. The maximum atomic E-state index is 12.8. The van der Waals surface area contributed by atoms with Gasteiger partial charge in [-0.25, -0.2) is 0 Å². The Bertz CT molecular complexity index is 928. The van der Waals surface area contributed by atoms with Crippen molar-refractivity contribution in [1.82, 2.24) is 10.2 Å². The molecule has 344 valence electrons. The van der Waals surface area contributed by atoms with E-state index in [1.165, 1.54) is 116 Å². The highest BCUT2D eigenvalue weighted by Crippen LogP contribution is 2.19. The topological polar surface area (TPSA) is 94.2 Å². The zero-order chi connectivity index (χ0) is 42.8. The lowest BCUT2D eigenvalue weighted by Gasteiger charge is -2.24. The Hall–Kier alpha value is -1.67. The molecule has 0 spiro atoms. The predicted molar refractivity (Wildman–Crippen MR) is 245 cm³/mol. The normalized spacial score (nSPS) is 12.3. The van der Waals surface area contributed by atoms with Crippen molar-refractivity contribution in [2.24, 2.45) is 5.41 Å². The van der Waals surface area contributed by atoms with Gasteiger partial charge in [-0.3, -0.25) is 14.4 Å². The van der Waals surface area contributed by atoms with Gasteiger partial charge in [-0.05, 0) is 97.7 Å². The number of hydrogen-bond donors (Lipinski definition) is 1. The lowest BCUT2D eigenvalue weighted by atomic mass is 9.93. The number of rotatable bonds is 45. The maximum Gasteiger partial charge on any atom is 0.306 e. The molecule has 0 aromatic carbocycles. The molecule has 0 rings (SSSR count). The molecule has 8 heteroatoms. The Balaban J connectivity index is 4.50. The minimum atomic E-state index is -0.529. The summed E-state index contributed by atoms with van der Waals surface area (Å²) in [5.41, 5.74) is -0.529. The minimum absolute atomic E-state index is 0.00662. The van der Waals surface area contributed by atoms with Crippen molar-refractivity contribution in [3.63, 3.8) is 0 Å². The molecule has 0 saturated carbocycles. The molecule has 1 amide bonds. The molecule has 1 atom stereocenters. The fourth-order valence-electron chi connectivity index (χ4n) is 7.73. The Morgan fingerprint density at radius 1 is 0.517 bits per heavy atom. The van der Waals surface area contributed by atoms with E-state index in [-0.39, 0.29) is 23.9 Å². The first-order valence-corrected chi connectivity index (χ1v) is 25.0. The van der Waals surface area contributed by atoms with E-state index < -0.39 is 5.41 Å². The second-order valence-corrected chi connectivity index (χ2v) is 18.0. The summed E-state index contributed by atoms with van der Waals surface area (Å²) >= 11 is 0. The second-order valence-electron chi connectivity index (χ2n) is 18.0. The van der Waals surface area contributed by atoms with Crippen LogP contribution in [0.1, 0.15) is 247 Å². The highest BCUT2D eigenvalue weighted by molar-refractivity contribution is 5.81. The predicted octanol–water partition coefficient (Wildman–Crippen LogP) is 13.5. The average Bonchev–Trinajstić information content (AvgIpc) is 3.20. The number of amides is 1. The number of unbranched alkanes of at least 4 members (excludes halogenated alkanes) is 23. The Morgan fingerprint density at radius 3 is 1.43 bits per heavy atom. The van der Waals surface area contributed by atoms with E-state index in [1.54, 1.807) is 7.11 Å². The first-order chi connectivity index (χ1) is 28.2. The van der Waals surface area contributed by atoms with E-state index in [0.717, 1.165) is 103 Å². The van der Waals surface area contributed by atoms with Crippen LogP contribution < -0.4 is 5.32 Å². The lowest BCUT2D eigenvalue weighted by Crippen LogP contribution is -2.41. The van der Waals surface area contributed by atoms with Crippen molar-refractivity contribution in [3.05, 3.63) is 0 Å². The molecule has 0 saturated heterocycles. The Kier molecular flexibility index (Phi) is 40.8. The zero-order valence-corrected chi connectivity index (χ0v) is 39.6. The number of methoxy groups -OCH3 is 1. The van der Waals surface area contributed by atoms with Crippen molar-refractivity contribution >= 4 is 17.8 Å². The highest BCUT2D eigenvalue weighted by Gasteiger charge is 2.27. The average molecular weight is 823 g/mol. The molecular weight excluding hydrogens is 725 g/mol. The largest absolute Gasteiger partial charge is 0.466 e. The van der Waals surface area contributed by atoms with Crippen LogP contribution in [0.2, 0.25) is 0 Å². The summed E-state index contributed by atoms with van der Waals surface area (Å²) in [6.07, 6.45) is 37.6. The van der Waals surface area contributed by atoms with E-state index in [2.05, 4.69) is 31.0 Å². The summed E-state index contributed by atoms with van der Waals surface area (Å²) in [5, 5.41) is 3.12. The van der Waals surface area contributed by atoms with Gasteiger partial charge in [-0.2, -0.15) is 0 Å². The highest BCUT2D eigenvalue weighted by atomic mass is 16.5. The van der Waals surface area contributed by atoms with Crippen LogP contribution in [0.5, 0.6) is 0 Å². The molecule has 1 N–H and O–H groups in total. The van der Waals surface area contributed by atoms with E-state index in [0.29, 0.717) is 32.6 Å². The number of ether oxygens (including phenoxy) is 3. The number of hydrogen-bond acceptors (Lipinski definition) is 7. The van der Waals surface area contributed by atoms with Crippen molar-refractivity contribution in [2.75, 3.05) is 46.5 Å². The van der Waals surface area contributed by atoms with Crippen LogP contribution in [0, 0.1) is 5.41 Å². The van der Waals surface area contributed by atoms with E-state index in [9.17, 15) is 14.4 Å². The second kappa shape index (κ2) is 42.0. The van der Waals surface area contributed by atoms with Gasteiger partial charge < -0.3 is 24.4 Å². The Labute approximate surface area is 360 Å². The van der Waals surface area contributed by atoms with Crippen LogP contribution in [0.15, 0.2) is 0 Å². The van der Waals surface area contributed by atoms with Gasteiger partial charge in [-0.15, -0.1) is 0 Å². The van der Waals surface area contributed by atoms with Gasteiger partial charge in [0.2, 0.25) is 5.91 Å². The SMILES string of the molecule is CCCCCCCCCOC(=O)CCCCCCCN(CCCCCCCC(=O)OC(CCCCCCC)CCCCCCCC)CCCNC(=O)C(C)(C)COC. The summed E-state index contributed by atoms with van der Waals surface area (Å²) in [6, 6.07) is 0. The molecular formula is C50H98N2O6. The van der Waals surface area contributed by atoms with E-state index in [1.807, 2.05) is 13.8 Å². The molecule has 0 aromatic rings. The summed E-state index contributed by atoms with van der Waals surface area (Å²) in [7, 11) is 1.64. The molecule has 0 bridgehead atoms. The lowest BCUT2D eigenvalue weighted by molar-refractivity contribution is -0.150. The van der Waals surface area contributed by atoms with E-state index >= 15 is 0 Å². The first-order valence-electron chi connectivity index (χ1n) is 25.0. The van der Waals surface area contributed by atoms with Gasteiger partial charge in [0.05, 0.1) is 18.6 Å². The van der Waals surface area contributed by atoms with Gasteiger partial charge in [0.15, 0.2) is 0 Å². The van der Waals surface area contributed by atoms with Crippen molar-refractivity contribution < 1.29 is 28.6 Å². The van der Waals surface area contributed by atoms with Gasteiger partial charge in [0, 0.05) is 26.5 Å². The summed E-state index contributed by atoms with van der Waals surface area (Å²) in [5.74, 6) is 0.0140. The zero-order valence-electron chi connectivity index (χ0n) is 39.6. The number of nitrogens with one attached hydrogen (secondary N) is 1. The van der Waals surface area contributed by atoms with Crippen molar-refractivity contribution in [3.8, 4) is 0 Å². The fourth-order valence-corrected chi connectivity index (χ4v) is 7.73. The van der Waals surface area contributed by atoms with Crippen LogP contribution in [0.4, 0.5) is 0 Å².